The van der Waals surface area contributed by atoms with Crippen LogP contribution in [0.4, 0.5) is 0 Å². The summed E-state index contributed by atoms with van der Waals surface area (Å²) in [4.78, 5) is 0. The topological polar surface area (TPSA) is 53.5 Å². The molecule has 0 N–H and O–H groups in total. The van der Waals surface area contributed by atoms with E-state index in [-0.39, 0.29) is 20.9 Å². The molecule has 1 aromatic heterocycles. The Morgan fingerprint density at radius 2 is 1.16 bits per heavy atom. The first-order valence-electron chi connectivity index (χ1n) is 9.47. The molecular formula is C24H17Cl3N2O3. The fourth-order valence-corrected chi connectivity index (χ4v) is 3.66. The standard InChI is InChI=1S/C24H17Cl3N2O3/c1-30-16-7-3-14(4-8-16)19-13-22(32-18-11-20(25)23(27)21(26)12-18)28-29-24(19)15-5-9-17(31-2)10-6-15/h3-13H,1-2H3. The second-order valence-corrected chi connectivity index (χ2v) is 7.90. The molecule has 4 rings (SSSR count). The Morgan fingerprint density at radius 3 is 1.69 bits per heavy atom. The van der Waals surface area contributed by atoms with E-state index in [1.165, 1.54) is 0 Å². The highest BCUT2D eigenvalue weighted by atomic mass is 35.5. The van der Waals surface area contributed by atoms with Crippen LogP contribution in [0.3, 0.4) is 0 Å². The maximum absolute atomic E-state index is 6.12. The minimum Gasteiger partial charge on any atom is -0.497 e. The summed E-state index contributed by atoms with van der Waals surface area (Å²) in [5, 5.41) is 9.52. The van der Waals surface area contributed by atoms with E-state index in [2.05, 4.69) is 10.2 Å². The molecule has 0 aliphatic heterocycles. The van der Waals surface area contributed by atoms with Crippen LogP contribution in [0, 0.1) is 0 Å². The van der Waals surface area contributed by atoms with Crippen LogP contribution in [0.5, 0.6) is 23.1 Å². The van der Waals surface area contributed by atoms with Crippen LogP contribution in [-0.2, 0) is 0 Å². The van der Waals surface area contributed by atoms with Crippen LogP contribution in [0.1, 0.15) is 0 Å². The van der Waals surface area contributed by atoms with Crippen LogP contribution in [-0.4, -0.2) is 24.4 Å². The van der Waals surface area contributed by atoms with Crippen LogP contribution in [0.2, 0.25) is 15.1 Å². The van der Waals surface area contributed by atoms with E-state index in [0.29, 0.717) is 11.4 Å². The molecule has 3 aromatic carbocycles. The average molecular weight is 488 g/mol. The minimum absolute atomic E-state index is 0.264. The zero-order valence-electron chi connectivity index (χ0n) is 17.1. The second-order valence-electron chi connectivity index (χ2n) is 6.70. The summed E-state index contributed by atoms with van der Waals surface area (Å²) in [5.74, 6) is 2.19. The average Bonchev–Trinajstić information content (AvgIpc) is 2.82. The van der Waals surface area contributed by atoms with Gasteiger partial charge in [0.2, 0.25) is 5.88 Å². The van der Waals surface area contributed by atoms with Crippen molar-refractivity contribution in [3.8, 4) is 45.5 Å². The molecule has 1 heterocycles. The van der Waals surface area contributed by atoms with Crippen molar-refractivity contribution in [1.82, 2.24) is 10.2 Å². The van der Waals surface area contributed by atoms with Gasteiger partial charge in [-0.05, 0) is 42.0 Å². The van der Waals surface area contributed by atoms with Gasteiger partial charge in [-0.25, -0.2) is 0 Å². The molecule has 0 aliphatic carbocycles. The number of ether oxygens (including phenoxy) is 3. The number of benzene rings is 3. The Bertz CT molecular complexity index is 1220. The van der Waals surface area contributed by atoms with Gasteiger partial charge in [-0.15, -0.1) is 10.2 Å². The van der Waals surface area contributed by atoms with Crippen molar-refractivity contribution in [3.05, 3.63) is 81.8 Å². The van der Waals surface area contributed by atoms with Gasteiger partial charge in [-0.3, -0.25) is 0 Å². The van der Waals surface area contributed by atoms with Gasteiger partial charge in [0, 0.05) is 29.3 Å². The molecular weight excluding hydrogens is 471 g/mol. The zero-order valence-corrected chi connectivity index (χ0v) is 19.4. The Kier molecular flexibility index (Phi) is 6.70. The van der Waals surface area contributed by atoms with E-state index in [9.17, 15) is 0 Å². The summed E-state index contributed by atoms with van der Waals surface area (Å²) in [6.07, 6.45) is 0. The normalized spacial score (nSPS) is 10.7. The van der Waals surface area contributed by atoms with Crippen molar-refractivity contribution in [2.24, 2.45) is 0 Å². The molecule has 0 saturated heterocycles. The quantitative estimate of drug-likeness (QED) is 0.262. The Balaban J connectivity index is 1.78. The molecule has 0 spiro atoms. The van der Waals surface area contributed by atoms with E-state index in [1.807, 2.05) is 54.6 Å². The molecule has 0 atom stereocenters. The summed E-state index contributed by atoms with van der Waals surface area (Å²) in [5.41, 5.74) is 3.32. The van der Waals surface area contributed by atoms with Gasteiger partial charge in [0.05, 0.1) is 29.3 Å². The third kappa shape index (κ3) is 4.75. The van der Waals surface area contributed by atoms with Gasteiger partial charge in [-0.2, -0.15) is 0 Å². The van der Waals surface area contributed by atoms with Crippen molar-refractivity contribution in [3.63, 3.8) is 0 Å². The molecule has 0 fully saturated rings. The molecule has 162 valence electrons. The van der Waals surface area contributed by atoms with Gasteiger partial charge in [0.15, 0.2) is 0 Å². The van der Waals surface area contributed by atoms with Crippen molar-refractivity contribution < 1.29 is 14.2 Å². The summed E-state index contributed by atoms with van der Waals surface area (Å²) < 4.78 is 16.4. The van der Waals surface area contributed by atoms with Crippen LogP contribution >= 0.6 is 34.8 Å². The van der Waals surface area contributed by atoms with Crippen molar-refractivity contribution in [1.29, 1.82) is 0 Å². The van der Waals surface area contributed by atoms with Crippen molar-refractivity contribution in [2.45, 2.75) is 0 Å². The summed E-state index contributed by atoms with van der Waals surface area (Å²) >= 11 is 18.3. The van der Waals surface area contributed by atoms with E-state index >= 15 is 0 Å². The van der Waals surface area contributed by atoms with E-state index in [0.717, 1.165) is 28.2 Å². The highest BCUT2D eigenvalue weighted by Gasteiger charge is 2.15. The zero-order chi connectivity index (χ0) is 22.7. The molecule has 0 unspecified atom stereocenters. The molecule has 0 aliphatic rings. The SMILES string of the molecule is COc1ccc(-c2cc(Oc3cc(Cl)c(Cl)c(Cl)c3)nnc2-c2ccc(OC)cc2)cc1. The lowest BCUT2D eigenvalue weighted by Gasteiger charge is -2.13. The van der Waals surface area contributed by atoms with Crippen LogP contribution in [0.15, 0.2) is 66.7 Å². The third-order valence-electron chi connectivity index (χ3n) is 4.72. The molecule has 0 bridgehead atoms. The Morgan fingerprint density at radius 1 is 0.625 bits per heavy atom. The van der Waals surface area contributed by atoms with Gasteiger partial charge in [-0.1, -0.05) is 46.9 Å². The first-order chi connectivity index (χ1) is 15.5. The fraction of sp³-hybridized carbons (Fsp3) is 0.0833. The number of rotatable bonds is 6. The predicted molar refractivity (Wildman–Crippen MR) is 128 cm³/mol. The maximum Gasteiger partial charge on any atom is 0.239 e. The third-order valence-corrected chi connectivity index (χ3v) is 5.91. The summed E-state index contributed by atoms with van der Waals surface area (Å²) in [7, 11) is 3.25. The minimum atomic E-state index is 0.264. The van der Waals surface area contributed by atoms with Gasteiger partial charge >= 0.3 is 0 Å². The number of halogens is 3. The number of hydrogen-bond acceptors (Lipinski definition) is 5. The summed E-state index contributed by atoms with van der Waals surface area (Å²) in [6.45, 7) is 0. The van der Waals surface area contributed by atoms with E-state index in [1.54, 1.807) is 26.4 Å². The number of hydrogen-bond donors (Lipinski definition) is 0. The van der Waals surface area contributed by atoms with Gasteiger partial charge in [0.1, 0.15) is 22.9 Å². The molecule has 4 aromatic rings. The van der Waals surface area contributed by atoms with Crippen LogP contribution in [0.25, 0.3) is 22.4 Å². The highest BCUT2D eigenvalue weighted by Crippen LogP contribution is 2.38. The van der Waals surface area contributed by atoms with Gasteiger partial charge in [0.25, 0.3) is 0 Å². The number of methoxy groups -OCH3 is 2. The Labute approximate surface area is 200 Å². The van der Waals surface area contributed by atoms with Crippen molar-refractivity contribution >= 4 is 34.8 Å². The Hall–Kier alpha value is -2.99. The monoisotopic (exact) mass is 486 g/mol. The lowest BCUT2D eigenvalue weighted by molar-refractivity contribution is 0.414. The fourth-order valence-electron chi connectivity index (χ4n) is 3.09. The van der Waals surface area contributed by atoms with Gasteiger partial charge < -0.3 is 14.2 Å². The smallest absolute Gasteiger partial charge is 0.239 e. The highest BCUT2D eigenvalue weighted by molar-refractivity contribution is 6.48. The molecule has 32 heavy (non-hydrogen) atoms. The predicted octanol–water partition coefficient (Wildman–Crippen LogP) is 7.58. The number of aromatic nitrogens is 2. The lowest BCUT2D eigenvalue weighted by Crippen LogP contribution is -1.97. The molecule has 0 amide bonds. The van der Waals surface area contributed by atoms with E-state index in [4.69, 9.17) is 49.0 Å². The summed E-state index contributed by atoms with van der Waals surface area (Å²) in [6, 6.07) is 20.2. The van der Waals surface area contributed by atoms with E-state index < -0.39 is 0 Å². The molecule has 0 radical (unpaired) electrons. The first kappa shape index (κ1) is 22.2. The molecule has 5 nitrogen and oxygen atoms in total. The number of nitrogens with zero attached hydrogens (tertiary/aromatic N) is 2. The second kappa shape index (κ2) is 9.65. The van der Waals surface area contributed by atoms with Crippen molar-refractivity contribution in [2.75, 3.05) is 14.2 Å². The molecule has 8 heteroatoms. The lowest BCUT2D eigenvalue weighted by atomic mass is 10.00. The maximum atomic E-state index is 6.12. The van der Waals surface area contributed by atoms with Crippen LogP contribution < -0.4 is 14.2 Å². The first-order valence-corrected chi connectivity index (χ1v) is 10.6. The largest absolute Gasteiger partial charge is 0.497 e. The molecule has 0 saturated carbocycles.